The Morgan fingerprint density at radius 3 is 2.37 bits per heavy atom. The second-order valence-corrected chi connectivity index (χ2v) is 6.58. The van der Waals surface area contributed by atoms with Gasteiger partial charge in [-0.2, -0.15) is 0 Å². The maximum atomic E-state index is 12.8. The van der Waals surface area contributed by atoms with Gasteiger partial charge in [-0.1, -0.05) is 6.07 Å². The van der Waals surface area contributed by atoms with Crippen LogP contribution in [-0.2, 0) is 10.0 Å². The van der Waals surface area contributed by atoms with Crippen LogP contribution in [0.15, 0.2) is 51.8 Å². The Morgan fingerprint density at radius 1 is 1.11 bits per heavy atom. The fourth-order valence-corrected chi connectivity index (χ4v) is 3.08. The van der Waals surface area contributed by atoms with Crippen molar-refractivity contribution in [3.8, 4) is 0 Å². The molecule has 0 spiro atoms. The highest BCUT2D eigenvalue weighted by molar-refractivity contribution is 9.10. The van der Waals surface area contributed by atoms with Crippen LogP contribution in [0.25, 0.3) is 0 Å². The number of anilines is 1. The van der Waals surface area contributed by atoms with E-state index in [9.17, 15) is 12.8 Å². The predicted octanol–water partition coefficient (Wildman–Crippen LogP) is 3.70. The molecule has 0 aliphatic carbocycles. The Balaban J connectivity index is 2.36. The number of nitrogens with one attached hydrogen (secondary N) is 1. The second kappa shape index (κ2) is 5.30. The van der Waals surface area contributed by atoms with Gasteiger partial charge >= 0.3 is 0 Å². The predicted molar refractivity (Wildman–Crippen MR) is 76.1 cm³/mol. The van der Waals surface area contributed by atoms with E-state index in [1.54, 1.807) is 12.1 Å². The molecule has 0 saturated heterocycles. The van der Waals surface area contributed by atoms with E-state index in [0.717, 1.165) is 17.7 Å². The molecule has 0 unspecified atom stereocenters. The van der Waals surface area contributed by atoms with Gasteiger partial charge in [0, 0.05) is 4.47 Å². The molecular formula is C13H11BrFNO2S. The average Bonchev–Trinajstić information content (AvgIpc) is 2.34. The van der Waals surface area contributed by atoms with Crippen molar-refractivity contribution < 1.29 is 12.8 Å². The molecule has 2 aromatic rings. The zero-order valence-corrected chi connectivity index (χ0v) is 12.4. The molecule has 0 aromatic heterocycles. The third-order valence-electron chi connectivity index (χ3n) is 2.49. The fraction of sp³-hybridized carbons (Fsp3) is 0.0769. The average molecular weight is 344 g/mol. The van der Waals surface area contributed by atoms with Gasteiger partial charge in [0.2, 0.25) is 0 Å². The second-order valence-electron chi connectivity index (χ2n) is 4.04. The largest absolute Gasteiger partial charge is 0.278 e. The summed E-state index contributed by atoms with van der Waals surface area (Å²) in [4.78, 5) is 0.0160. The van der Waals surface area contributed by atoms with Gasteiger partial charge in [-0.05, 0) is 64.8 Å². The molecular weight excluding hydrogens is 333 g/mol. The number of sulfonamides is 1. The SMILES string of the molecule is Cc1ccc(Br)c(NS(=O)(=O)c2ccc(F)cc2)c1. The van der Waals surface area contributed by atoms with E-state index in [1.165, 1.54) is 12.1 Å². The number of hydrogen-bond acceptors (Lipinski definition) is 2. The van der Waals surface area contributed by atoms with E-state index in [2.05, 4.69) is 20.7 Å². The van der Waals surface area contributed by atoms with Gasteiger partial charge in [0.15, 0.2) is 0 Å². The van der Waals surface area contributed by atoms with Gasteiger partial charge in [0.05, 0.1) is 10.6 Å². The van der Waals surface area contributed by atoms with E-state index in [0.29, 0.717) is 10.2 Å². The number of rotatable bonds is 3. The molecule has 3 nitrogen and oxygen atoms in total. The van der Waals surface area contributed by atoms with Gasteiger partial charge < -0.3 is 0 Å². The van der Waals surface area contributed by atoms with Crippen molar-refractivity contribution in [2.45, 2.75) is 11.8 Å². The highest BCUT2D eigenvalue weighted by Gasteiger charge is 2.15. The van der Waals surface area contributed by atoms with Crippen LogP contribution in [0.1, 0.15) is 5.56 Å². The van der Waals surface area contributed by atoms with Crippen molar-refractivity contribution in [2.24, 2.45) is 0 Å². The van der Waals surface area contributed by atoms with E-state index in [-0.39, 0.29) is 4.90 Å². The number of halogens is 2. The molecule has 0 heterocycles. The first-order valence-electron chi connectivity index (χ1n) is 5.43. The van der Waals surface area contributed by atoms with Gasteiger partial charge in [0.1, 0.15) is 5.82 Å². The summed E-state index contributed by atoms with van der Waals surface area (Å²) in [6, 6.07) is 10.0. The molecule has 2 rings (SSSR count). The molecule has 0 amide bonds. The molecule has 1 N–H and O–H groups in total. The molecule has 0 radical (unpaired) electrons. The summed E-state index contributed by atoms with van der Waals surface area (Å²) >= 11 is 3.28. The first-order chi connectivity index (χ1) is 8.88. The minimum Gasteiger partial charge on any atom is -0.278 e. The first kappa shape index (κ1) is 14.0. The topological polar surface area (TPSA) is 46.2 Å². The van der Waals surface area contributed by atoms with Crippen LogP contribution in [0.3, 0.4) is 0 Å². The lowest BCUT2D eigenvalue weighted by atomic mass is 10.2. The molecule has 0 aliphatic heterocycles. The summed E-state index contributed by atoms with van der Waals surface area (Å²) in [5.41, 5.74) is 1.38. The van der Waals surface area contributed by atoms with Crippen LogP contribution in [0.4, 0.5) is 10.1 Å². The molecule has 0 bridgehead atoms. The molecule has 0 atom stereocenters. The van der Waals surface area contributed by atoms with Crippen LogP contribution in [-0.4, -0.2) is 8.42 Å². The minimum atomic E-state index is -3.72. The van der Waals surface area contributed by atoms with Crippen LogP contribution < -0.4 is 4.72 Å². The van der Waals surface area contributed by atoms with E-state index in [1.807, 2.05) is 13.0 Å². The van der Waals surface area contributed by atoms with Crippen LogP contribution in [0, 0.1) is 12.7 Å². The first-order valence-corrected chi connectivity index (χ1v) is 7.71. The van der Waals surface area contributed by atoms with Crippen LogP contribution in [0.5, 0.6) is 0 Å². The lowest BCUT2D eigenvalue weighted by Gasteiger charge is -2.10. The van der Waals surface area contributed by atoms with Gasteiger partial charge in [0.25, 0.3) is 10.0 Å². The summed E-state index contributed by atoms with van der Waals surface area (Å²) in [6.45, 7) is 1.86. The zero-order chi connectivity index (χ0) is 14.0. The Morgan fingerprint density at radius 2 is 1.74 bits per heavy atom. The fourth-order valence-electron chi connectivity index (χ4n) is 1.53. The van der Waals surface area contributed by atoms with Crippen molar-refractivity contribution in [1.82, 2.24) is 0 Å². The smallest absolute Gasteiger partial charge is 0.261 e. The Bertz CT molecular complexity index is 699. The maximum absolute atomic E-state index is 12.8. The van der Waals surface area contributed by atoms with Crippen molar-refractivity contribution in [3.63, 3.8) is 0 Å². The zero-order valence-electron chi connectivity index (χ0n) is 10.0. The number of aryl methyl sites for hydroxylation is 1. The number of benzene rings is 2. The molecule has 6 heteroatoms. The molecule has 0 aliphatic rings. The third-order valence-corrected chi connectivity index (χ3v) is 4.56. The lowest BCUT2D eigenvalue weighted by Crippen LogP contribution is -2.13. The minimum absolute atomic E-state index is 0.0160. The van der Waals surface area contributed by atoms with Gasteiger partial charge in [-0.15, -0.1) is 0 Å². The summed E-state index contributed by atoms with van der Waals surface area (Å²) in [7, 11) is -3.72. The van der Waals surface area contributed by atoms with Crippen molar-refractivity contribution in [3.05, 3.63) is 58.3 Å². The third kappa shape index (κ3) is 3.33. The molecule has 0 fully saturated rings. The Labute approximate surface area is 119 Å². The molecule has 0 saturated carbocycles. The summed E-state index contributed by atoms with van der Waals surface area (Å²) in [5.74, 6) is -0.476. The molecule has 2 aromatic carbocycles. The van der Waals surface area contributed by atoms with Crippen molar-refractivity contribution in [1.29, 1.82) is 0 Å². The highest BCUT2D eigenvalue weighted by Crippen LogP contribution is 2.26. The summed E-state index contributed by atoms with van der Waals surface area (Å²) < 4.78 is 40.1. The van der Waals surface area contributed by atoms with Crippen LogP contribution in [0.2, 0.25) is 0 Å². The lowest BCUT2D eigenvalue weighted by molar-refractivity contribution is 0.599. The number of hydrogen-bond donors (Lipinski definition) is 1. The molecule has 100 valence electrons. The van der Waals surface area contributed by atoms with E-state index < -0.39 is 15.8 Å². The summed E-state index contributed by atoms with van der Waals surface area (Å²) in [6.07, 6.45) is 0. The highest BCUT2D eigenvalue weighted by atomic mass is 79.9. The van der Waals surface area contributed by atoms with Gasteiger partial charge in [-0.25, -0.2) is 12.8 Å². The normalized spacial score (nSPS) is 11.3. The van der Waals surface area contributed by atoms with Gasteiger partial charge in [-0.3, -0.25) is 4.72 Å². The Hall–Kier alpha value is -1.40. The van der Waals surface area contributed by atoms with E-state index in [4.69, 9.17) is 0 Å². The maximum Gasteiger partial charge on any atom is 0.261 e. The quantitative estimate of drug-likeness (QED) is 0.923. The molecule has 19 heavy (non-hydrogen) atoms. The van der Waals surface area contributed by atoms with Crippen molar-refractivity contribution >= 4 is 31.6 Å². The Kier molecular flexibility index (Phi) is 3.91. The van der Waals surface area contributed by atoms with E-state index >= 15 is 0 Å². The monoisotopic (exact) mass is 343 g/mol. The summed E-state index contributed by atoms with van der Waals surface area (Å²) in [5, 5.41) is 0. The standard InChI is InChI=1S/C13H11BrFNO2S/c1-9-2-7-12(14)13(8-9)16-19(17,18)11-5-3-10(15)4-6-11/h2-8,16H,1H3. The van der Waals surface area contributed by atoms with Crippen LogP contribution >= 0.6 is 15.9 Å². The van der Waals surface area contributed by atoms with Crippen molar-refractivity contribution in [2.75, 3.05) is 4.72 Å².